The van der Waals surface area contributed by atoms with E-state index in [1.165, 1.54) is 24.0 Å². The van der Waals surface area contributed by atoms with Gasteiger partial charge in [-0.3, -0.25) is 4.90 Å². The van der Waals surface area contributed by atoms with Gasteiger partial charge in [-0.25, -0.2) is 13.1 Å². The van der Waals surface area contributed by atoms with Crippen LogP contribution in [0.3, 0.4) is 0 Å². The van der Waals surface area contributed by atoms with Gasteiger partial charge in [-0.1, -0.05) is 23.8 Å². The van der Waals surface area contributed by atoms with Gasteiger partial charge in [0.2, 0.25) is 10.0 Å². The zero-order valence-electron chi connectivity index (χ0n) is 22.8. The van der Waals surface area contributed by atoms with Crippen LogP contribution < -0.4 is 9.46 Å². The fourth-order valence-electron chi connectivity index (χ4n) is 9.80. The number of phenols is 1. The number of hydrogen-bond donors (Lipinski definition) is 2. The normalized spacial score (nSPS) is 37.9. The Hall–Kier alpha value is -2.13. The number of piperidine rings is 1. The van der Waals surface area contributed by atoms with Crippen LogP contribution in [0.15, 0.2) is 41.3 Å². The van der Waals surface area contributed by atoms with Gasteiger partial charge in [0.05, 0.1) is 4.90 Å². The summed E-state index contributed by atoms with van der Waals surface area (Å²) in [5.41, 5.74) is 2.71. The second-order valence-electron chi connectivity index (χ2n) is 13.2. The summed E-state index contributed by atoms with van der Waals surface area (Å²) in [5, 5.41) is 11.0. The van der Waals surface area contributed by atoms with Gasteiger partial charge < -0.3 is 14.6 Å². The van der Waals surface area contributed by atoms with Crippen LogP contribution in [0.1, 0.15) is 55.2 Å². The second kappa shape index (κ2) is 7.99. The van der Waals surface area contributed by atoms with Crippen LogP contribution in [-0.4, -0.2) is 62.9 Å². The number of methoxy groups -OCH3 is 1. The average molecular weight is 551 g/mol. The van der Waals surface area contributed by atoms with Gasteiger partial charge in [-0.05, 0) is 88.1 Å². The summed E-state index contributed by atoms with van der Waals surface area (Å²) in [5.74, 6) is 1.65. The molecule has 7 aliphatic rings. The van der Waals surface area contributed by atoms with Crippen molar-refractivity contribution < 1.29 is 23.0 Å². The fraction of sp³-hybridized carbons (Fsp3) is 0.613. The molecule has 2 heterocycles. The first-order valence-electron chi connectivity index (χ1n) is 14.6. The number of rotatable bonds is 7. The standard InChI is InChI=1S/C31H38N2O5S/c1-19-3-8-23(9-4-19)39(35,36)32-17-22-16-29-11-12-31(22,37-2)28-30(29)13-14-33(18-20-5-6-20)25(29)15-21-7-10-24(34)27(38-28)26(21)30/h3-4,7-10,20,22,25,28,32,34H,5-6,11-18H2,1-2H3/t22-,25-,28?,29-,30+,31?/m1/s1. The molecule has 0 radical (unpaired) electrons. The number of likely N-dealkylation sites (tertiary alicyclic amines) is 1. The van der Waals surface area contributed by atoms with Crippen molar-refractivity contribution in [2.24, 2.45) is 17.3 Å². The molecule has 4 bridgehead atoms. The van der Waals surface area contributed by atoms with Crippen molar-refractivity contribution in [3.05, 3.63) is 53.1 Å². The molecule has 0 aromatic heterocycles. The number of nitrogens with zero attached hydrogens (tertiary/aromatic N) is 1. The Kier molecular flexibility index (Phi) is 5.05. The summed E-state index contributed by atoms with van der Waals surface area (Å²) >= 11 is 0. The second-order valence-corrected chi connectivity index (χ2v) is 15.0. The summed E-state index contributed by atoms with van der Waals surface area (Å²) in [6.45, 7) is 4.47. The van der Waals surface area contributed by atoms with E-state index in [-0.39, 0.29) is 28.6 Å². The van der Waals surface area contributed by atoms with Crippen LogP contribution >= 0.6 is 0 Å². The third-order valence-electron chi connectivity index (χ3n) is 11.7. The molecule has 6 atom stereocenters. The van der Waals surface area contributed by atoms with Crippen LogP contribution in [0.5, 0.6) is 11.5 Å². The van der Waals surface area contributed by atoms with E-state index in [1.807, 2.05) is 19.1 Å². The number of nitrogens with one attached hydrogen (secondary N) is 1. The zero-order valence-corrected chi connectivity index (χ0v) is 23.6. The molecule has 7 nitrogen and oxygen atoms in total. The minimum absolute atomic E-state index is 0.0307. The molecule has 2 aromatic carbocycles. The molecule has 2 aromatic rings. The third kappa shape index (κ3) is 3.06. The highest BCUT2D eigenvalue weighted by molar-refractivity contribution is 7.89. The highest BCUT2D eigenvalue weighted by Gasteiger charge is 2.80. The Labute approximate surface area is 230 Å². The Morgan fingerprint density at radius 1 is 1.13 bits per heavy atom. The lowest BCUT2D eigenvalue weighted by molar-refractivity contribution is -0.275. The lowest BCUT2D eigenvalue weighted by atomic mass is 9.35. The first-order valence-corrected chi connectivity index (χ1v) is 16.1. The van der Waals surface area contributed by atoms with Crippen molar-refractivity contribution >= 4 is 10.0 Å². The number of aromatic hydroxyl groups is 1. The average Bonchev–Trinajstić information content (AvgIpc) is 3.67. The number of phenolic OH excluding ortho intramolecular Hbond substituents is 1. The van der Waals surface area contributed by atoms with Gasteiger partial charge in [0.15, 0.2) is 11.5 Å². The van der Waals surface area contributed by atoms with Crippen LogP contribution in [0.25, 0.3) is 0 Å². The lowest BCUT2D eigenvalue weighted by Crippen LogP contribution is -2.81. The highest BCUT2D eigenvalue weighted by Crippen LogP contribution is 2.76. The number of sulfonamides is 1. The van der Waals surface area contributed by atoms with Gasteiger partial charge >= 0.3 is 0 Å². The number of fused-ring (bicyclic) bond motifs is 2. The topological polar surface area (TPSA) is 88.1 Å². The quantitative estimate of drug-likeness (QED) is 0.544. The van der Waals surface area contributed by atoms with Crippen molar-refractivity contribution in [1.29, 1.82) is 0 Å². The van der Waals surface area contributed by atoms with Crippen molar-refractivity contribution in [3.8, 4) is 11.5 Å². The minimum Gasteiger partial charge on any atom is -0.504 e. The first kappa shape index (κ1) is 24.6. The minimum atomic E-state index is -3.66. The van der Waals surface area contributed by atoms with E-state index in [0.29, 0.717) is 23.2 Å². The monoisotopic (exact) mass is 550 g/mol. The van der Waals surface area contributed by atoms with Crippen molar-refractivity contribution in [3.63, 3.8) is 0 Å². The Bertz CT molecular complexity index is 1460. The predicted octanol–water partition coefficient (Wildman–Crippen LogP) is 3.90. The van der Waals surface area contributed by atoms with Crippen LogP contribution in [0, 0.1) is 24.2 Å². The molecule has 0 amide bonds. The zero-order chi connectivity index (χ0) is 26.8. The van der Waals surface area contributed by atoms with Crippen molar-refractivity contribution in [1.82, 2.24) is 9.62 Å². The lowest BCUT2D eigenvalue weighted by Gasteiger charge is -2.74. The van der Waals surface area contributed by atoms with Crippen LogP contribution in [0.4, 0.5) is 0 Å². The maximum absolute atomic E-state index is 13.3. The maximum atomic E-state index is 13.3. The van der Waals surface area contributed by atoms with E-state index in [9.17, 15) is 13.5 Å². The molecule has 2 spiro atoms. The molecule has 5 fully saturated rings. The van der Waals surface area contributed by atoms with Gasteiger partial charge in [-0.15, -0.1) is 0 Å². The van der Waals surface area contributed by atoms with E-state index in [1.54, 1.807) is 25.3 Å². The maximum Gasteiger partial charge on any atom is 0.240 e. The van der Waals surface area contributed by atoms with Gasteiger partial charge in [-0.2, -0.15) is 0 Å². The van der Waals surface area contributed by atoms with Crippen LogP contribution in [-0.2, 0) is 26.6 Å². The Morgan fingerprint density at radius 3 is 2.67 bits per heavy atom. The number of benzene rings is 2. The van der Waals surface area contributed by atoms with Gasteiger partial charge in [0.1, 0.15) is 11.7 Å². The molecular formula is C31H38N2O5S. The SMILES string of the molecule is COC12CC[C@@]3(C[C@@H]1CNS(=O)(=O)c1ccc(C)cc1)[C@H]1Cc4ccc(O)c5c4[C@@]3(CCN1CC1CC1)C2O5. The summed E-state index contributed by atoms with van der Waals surface area (Å²) in [6, 6.07) is 11.3. The molecule has 39 heavy (non-hydrogen) atoms. The first-order chi connectivity index (χ1) is 18.7. The van der Waals surface area contributed by atoms with Crippen molar-refractivity contribution in [2.75, 3.05) is 26.7 Å². The van der Waals surface area contributed by atoms with Gasteiger partial charge in [0.25, 0.3) is 0 Å². The van der Waals surface area contributed by atoms with Gasteiger partial charge in [0, 0.05) is 48.6 Å². The molecule has 208 valence electrons. The van der Waals surface area contributed by atoms with E-state index in [0.717, 1.165) is 56.7 Å². The smallest absolute Gasteiger partial charge is 0.240 e. The summed E-state index contributed by atoms with van der Waals surface area (Å²) in [4.78, 5) is 3.06. The molecule has 2 aliphatic heterocycles. The molecule has 1 saturated heterocycles. The van der Waals surface area contributed by atoms with E-state index < -0.39 is 15.6 Å². The molecular weight excluding hydrogens is 512 g/mol. The summed E-state index contributed by atoms with van der Waals surface area (Å²) in [7, 11) is -1.89. The van der Waals surface area contributed by atoms with E-state index >= 15 is 0 Å². The molecule has 4 saturated carbocycles. The molecule has 2 N–H and O–H groups in total. The van der Waals surface area contributed by atoms with E-state index in [2.05, 4.69) is 15.7 Å². The summed E-state index contributed by atoms with van der Waals surface area (Å²) < 4.78 is 43.0. The number of aryl methyl sites for hydroxylation is 1. The van der Waals surface area contributed by atoms with Crippen molar-refractivity contribution in [2.45, 2.75) is 79.9 Å². The largest absolute Gasteiger partial charge is 0.504 e. The van der Waals surface area contributed by atoms with E-state index in [4.69, 9.17) is 9.47 Å². The molecule has 5 aliphatic carbocycles. The fourth-order valence-corrected chi connectivity index (χ4v) is 10.9. The third-order valence-corrected chi connectivity index (χ3v) is 13.1. The summed E-state index contributed by atoms with van der Waals surface area (Å²) in [6.07, 6.45) is 7.17. The molecule has 2 unspecified atom stereocenters. The molecule has 8 heteroatoms. The number of hydrogen-bond acceptors (Lipinski definition) is 6. The predicted molar refractivity (Wildman–Crippen MR) is 146 cm³/mol. The van der Waals surface area contributed by atoms with Crippen LogP contribution in [0.2, 0.25) is 0 Å². The Balaban J connectivity index is 1.22. The molecule has 9 rings (SSSR count). The highest BCUT2D eigenvalue weighted by atomic mass is 32.2. The Morgan fingerprint density at radius 2 is 1.92 bits per heavy atom. The number of ether oxygens (including phenoxy) is 2.